The molecule has 0 amide bonds. The van der Waals surface area contributed by atoms with Crippen LogP contribution in [0.4, 0.5) is 0 Å². The molecule has 0 radical (unpaired) electrons. The van der Waals surface area contributed by atoms with Crippen LogP contribution in [-0.2, 0) is 9.53 Å². The predicted molar refractivity (Wildman–Crippen MR) is 91.0 cm³/mol. The molecule has 0 N–H and O–H groups in total. The number of hydrogen-bond acceptors (Lipinski definition) is 3. The summed E-state index contributed by atoms with van der Waals surface area (Å²) < 4.78 is 6.22. The van der Waals surface area contributed by atoms with Crippen LogP contribution < -0.4 is 0 Å². The molecule has 2 bridgehead atoms. The van der Waals surface area contributed by atoms with Crippen molar-refractivity contribution in [2.45, 2.75) is 70.8 Å². The molecule has 23 heavy (non-hydrogen) atoms. The Morgan fingerprint density at radius 3 is 2.65 bits per heavy atom. The summed E-state index contributed by atoms with van der Waals surface area (Å²) in [5.41, 5.74) is -0.122. The van der Waals surface area contributed by atoms with Crippen molar-refractivity contribution in [3.63, 3.8) is 0 Å². The van der Waals surface area contributed by atoms with Crippen molar-refractivity contribution in [1.29, 1.82) is 0 Å². The predicted octanol–water partition coefficient (Wildman–Crippen LogP) is 3.87. The van der Waals surface area contributed by atoms with Gasteiger partial charge in [-0.05, 0) is 75.3 Å². The highest BCUT2D eigenvalue weighted by atomic mass is 16.6. The molecule has 4 aliphatic rings. The molecule has 3 nitrogen and oxygen atoms in total. The highest BCUT2D eigenvalue weighted by Gasteiger charge is 2.58. The third kappa shape index (κ3) is 2.83. The quantitative estimate of drug-likeness (QED) is 0.724. The minimum absolute atomic E-state index is 0.110. The maximum Gasteiger partial charge on any atom is 0.310 e. The van der Waals surface area contributed by atoms with Crippen molar-refractivity contribution in [2.75, 3.05) is 19.6 Å². The number of rotatable bonds is 2. The number of likely N-dealkylation sites (tertiary alicyclic amines) is 1. The van der Waals surface area contributed by atoms with E-state index in [1.54, 1.807) is 0 Å². The van der Waals surface area contributed by atoms with Gasteiger partial charge in [0.05, 0.1) is 5.92 Å². The van der Waals surface area contributed by atoms with E-state index in [1.165, 1.54) is 58.0 Å². The van der Waals surface area contributed by atoms with Crippen molar-refractivity contribution in [3.05, 3.63) is 0 Å². The van der Waals surface area contributed by atoms with Gasteiger partial charge in [-0.2, -0.15) is 0 Å². The Morgan fingerprint density at radius 2 is 1.87 bits per heavy atom. The van der Waals surface area contributed by atoms with Gasteiger partial charge < -0.3 is 9.64 Å². The second-order valence-electron chi connectivity index (χ2n) is 9.15. The summed E-state index contributed by atoms with van der Waals surface area (Å²) in [5.74, 6) is 3.10. The molecule has 4 fully saturated rings. The van der Waals surface area contributed by atoms with Crippen LogP contribution in [0.3, 0.4) is 0 Å². The third-order valence-corrected chi connectivity index (χ3v) is 7.37. The number of piperidine rings is 1. The van der Waals surface area contributed by atoms with Crippen molar-refractivity contribution >= 4 is 5.97 Å². The third-order valence-electron chi connectivity index (χ3n) is 7.37. The lowest BCUT2D eigenvalue weighted by Crippen LogP contribution is -2.51. The average molecular weight is 319 g/mol. The van der Waals surface area contributed by atoms with E-state index in [2.05, 4.69) is 18.7 Å². The van der Waals surface area contributed by atoms with E-state index in [9.17, 15) is 4.79 Å². The number of ether oxygens (including phenoxy) is 1. The SMILES string of the molecule is CC1CC2CC(C)C3(CC(CN4CCCCC4)C(=O)O3)C(C1)C2. The maximum atomic E-state index is 12.7. The first-order valence-electron chi connectivity index (χ1n) is 10.0. The highest BCUT2D eigenvalue weighted by Crippen LogP contribution is 2.56. The number of hydrogen-bond donors (Lipinski definition) is 0. The molecular formula is C20H33NO2. The van der Waals surface area contributed by atoms with E-state index in [0.717, 1.165) is 24.8 Å². The molecule has 2 saturated carbocycles. The Labute approximate surface area is 141 Å². The summed E-state index contributed by atoms with van der Waals surface area (Å²) in [7, 11) is 0. The van der Waals surface area contributed by atoms with Gasteiger partial charge in [0.25, 0.3) is 0 Å². The topological polar surface area (TPSA) is 29.5 Å². The van der Waals surface area contributed by atoms with Crippen LogP contribution in [0.2, 0.25) is 0 Å². The fourth-order valence-electron chi connectivity index (χ4n) is 6.36. The van der Waals surface area contributed by atoms with Gasteiger partial charge in [-0.3, -0.25) is 4.79 Å². The molecule has 6 atom stereocenters. The van der Waals surface area contributed by atoms with Crippen LogP contribution in [0.15, 0.2) is 0 Å². The number of carbonyl (C=O) groups excluding carboxylic acids is 1. The largest absolute Gasteiger partial charge is 0.458 e. The summed E-state index contributed by atoms with van der Waals surface area (Å²) >= 11 is 0. The minimum Gasteiger partial charge on any atom is -0.458 e. The first kappa shape index (κ1) is 15.9. The standard InChI is InChI=1S/C20H33NO2/c1-14-8-16-10-15(2)20(18(9-14)11-16)12-17(19(22)23-20)13-21-6-4-3-5-7-21/h14-18H,3-13H2,1-2H3. The zero-order chi connectivity index (χ0) is 16.0. The smallest absolute Gasteiger partial charge is 0.310 e. The molecule has 3 heteroatoms. The summed E-state index contributed by atoms with van der Waals surface area (Å²) in [6, 6.07) is 0. The summed E-state index contributed by atoms with van der Waals surface area (Å²) in [6.45, 7) is 8.04. The number of carbonyl (C=O) groups is 1. The Bertz CT molecular complexity index is 455. The fraction of sp³-hybridized carbons (Fsp3) is 0.950. The van der Waals surface area contributed by atoms with Gasteiger partial charge in [-0.25, -0.2) is 0 Å². The fourth-order valence-corrected chi connectivity index (χ4v) is 6.36. The van der Waals surface area contributed by atoms with Gasteiger partial charge in [-0.1, -0.05) is 20.3 Å². The Morgan fingerprint density at radius 1 is 1.09 bits per heavy atom. The van der Waals surface area contributed by atoms with Crippen LogP contribution in [0, 0.1) is 29.6 Å². The molecule has 2 heterocycles. The van der Waals surface area contributed by atoms with Crippen molar-refractivity contribution < 1.29 is 9.53 Å². The molecule has 130 valence electrons. The van der Waals surface area contributed by atoms with E-state index in [1.807, 2.05) is 0 Å². The van der Waals surface area contributed by atoms with Gasteiger partial charge in [0.2, 0.25) is 0 Å². The number of fused-ring (bicyclic) bond motifs is 3. The van der Waals surface area contributed by atoms with Gasteiger partial charge in [0.15, 0.2) is 0 Å². The normalized spacial score (nSPS) is 47.7. The second-order valence-corrected chi connectivity index (χ2v) is 9.15. The molecule has 2 saturated heterocycles. The molecule has 4 rings (SSSR count). The Balaban J connectivity index is 1.49. The van der Waals surface area contributed by atoms with Crippen LogP contribution in [-0.4, -0.2) is 36.1 Å². The molecule has 0 aromatic heterocycles. The van der Waals surface area contributed by atoms with E-state index < -0.39 is 0 Å². The van der Waals surface area contributed by atoms with Crippen LogP contribution in [0.5, 0.6) is 0 Å². The lowest BCUT2D eigenvalue weighted by atomic mass is 9.57. The number of esters is 1. The van der Waals surface area contributed by atoms with E-state index in [0.29, 0.717) is 11.8 Å². The number of nitrogens with zero attached hydrogens (tertiary/aromatic N) is 1. The summed E-state index contributed by atoms with van der Waals surface area (Å²) in [6.07, 6.45) is 10.2. The first-order chi connectivity index (χ1) is 11.1. The van der Waals surface area contributed by atoms with Gasteiger partial charge in [0.1, 0.15) is 5.60 Å². The molecular weight excluding hydrogens is 286 g/mol. The van der Waals surface area contributed by atoms with E-state index in [4.69, 9.17) is 4.74 Å². The average Bonchev–Trinajstić information content (AvgIpc) is 2.84. The molecule has 0 aromatic rings. The minimum atomic E-state index is -0.122. The lowest BCUT2D eigenvalue weighted by molar-refractivity contribution is -0.172. The van der Waals surface area contributed by atoms with Crippen LogP contribution in [0.25, 0.3) is 0 Å². The zero-order valence-electron chi connectivity index (χ0n) is 14.9. The van der Waals surface area contributed by atoms with Gasteiger partial charge in [0, 0.05) is 13.0 Å². The molecule has 6 unspecified atom stereocenters. The Hall–Kier alpha value is -0.570. The summed E-state index contributed by atoms with van der Waals surface area (Å²) in [5, 5.41) is 0. The summed E-state index contributed by atoms with van der Waals surface area (Å²) in [4.78, 5) is 15.2. The van der Waals surface area contributed by atoms with Crippen LogP contribution in [0.1, 0.15) is 65.2 Å². The monoisotopic (exact) mass is 319 g/mol. The van der Waals surface area contributed by atoms with E-state index in [-0.39, 0.29) is 17.5 Å². The first-order valence-corrected chi connectivity index (χ1v) is 10.0. The van der Waals surface area contributed by atoms with Crippen molar-refractivity contribution in [1.82, 2.24) is 4.90 Å². The van der Waals surface area contributed by atoms with Crippen molar-refractivity contribution in [3.8, 4) is 0 Å². The lowest BCUT2D eigenvalue weighted by Gasteiger charge is -2.51. The zero-order valence-corrected chi connectivity index (χ0v) is 14.9. The molecule has 2 aliphatic heterocycles. The van der Waals surface area contributed by atoms with Gasteiger partial charge >= 0.3 is 5.97 Å². The molecule has 2 aliphatic carbocycles. The van der Waals surface area contributed by atoms with Gasteiger partial charge in [-0.15, -0.1) is 0 Å². The molecule has 0 aromatic carbocycles. The van der Waals surface area contributed by atoms with Crippen LogP contribution >= 0.6 is 0 Å². The highest BCUT2D eigenvalue weighted by molar-refractivity contribution is 5.75. The maximum absolute atomic E-state index is 12.7. The van der Waals surface area contributed by atoms with E-state index >= 15 is 0 Å². The van der Waals surface area contributed by atoms with Crippen molar-refractivity contribution in [2.24, 2.45) is 29.6 Å². The Kier molecular flexibility index (Phi) is 4.19. The molecule has 1 spiro atoms. The second kappa shape index (κ2) is 6.06.